The van der Waals surface area contributed by atoms with Gasteiger partial charge in [-0.1, -0.05) is 18.2 Å². The Labute approximate surface area is 110 Å². The maximum Gasteiger partial charge on any atom is 0.256 e. The molecule has 0 saturated carbocycles. The molecule has 0 unspecified atom stereocenters. The number of para-hydroxylation sites is 1. The fourth-order valence-corrected chi connectivity index (χ4v) is 1.76. The summed E-state index contributed by atoms with van der Waals surface area (Å²) in [6.07, 6.45) is 2.42. The van der Waals surface area contributed by atoms with Crippen LogP contribution in [-0.2, 0) is 6.54 Å². The van der Waals surface area contributed by atoms with Crippen LogP contribution in [-0.4, -0.2) is 22.8 Å². The maximum atomic E-state index is 13.5. The van der Waals surface area contributed by atoms with Crippen molar-refractivity contribution >= 4 is 11.6 Å². The average molecular weight is 259 g/mol. The van der Waals surface area contributed by atoms with Crippen molar-refractivity contribution in [1.82, 2.24) is 9.88 Å². The van der Waals surface area contributed by atoms with Crippen molar-refractivity contribution in [2.45, 2.75) is 6.54 Å². The number of hydrogen-bond acceptors (Lipinski definition) is 3. The van der Waals surface area contributed by atoms with Crippen molar-refractivity contribution in [1.29, 1.82) is 0 Å². The highest BCUT2D eigenvalue weighted by Crippen LogP contribution is 2.15. The third-order valence-electron chi connectivity index (χ3n) is 2.81. The molecular weight excluding hydrogens is 245 g/mol. The van der Waals surface area contributed by atoms with Crippen LogP contribution in [0, 0.1) is 5.82 Å². The Balaban J connectivity index is 2.17. The van der Waals surface area contributed by atoms with E-state index in [-0.39, 0.29) is 5.56 Å². The quantitative estimate of drug-likeness (QED) is 0.858. The van der Waals surface area contributed by atoms with Crippen LogP contribution in [0.2, 0.25) is 0 Å². The van der Waals surface area contributed by atoms with Gasteiger partial charge in [-0.3, -0.25) is 9.78 Å². The van der Waals surface area contributed by atoms with Crippen LogP contribution in [0.1, 0.15) is 15.9 Å². The van der Waals surface area contributed by atoms with Gasteiger partial charge in [-0.15, -0.1) is 0 Å². The van der Waals surface area contributed by atoms with Crippen molar-refractivity contribution in [3.63, 3.8) is 0 Å². The second-order valence-electron chi connectivity index (χ2n) is 4.22. The number of nitrogen functional groups attached to an aromatic ring is 1. The lowest BCUT2D eigenvalue weighted by atomic mass is 10.1. The van der Waals surface area contributed by atoms with E-state index in [1.165, 1.54) is 17.2 Å². The molecule has 5 heteroatoms. The first kappa shape index (κ1) is 13.0. The maximum absolute atomic E-state index is 13.5. The number of carbonyl (C=O) groups excluding carboxylic acids is 1. The zero-order valence-electron chi connectivity index (χ0n) is 10.5. The number of benzene rings is 1. The molecule has 0 atom stereocenters. The number of nitrogens with two attached hydrogens (primary N) is 1. The molecule has 1 aromatic carbocycles. The topological polar surface area (TPSA) is 59.2 Å². The molecule has 0 radical (unpaired) electrons. The third kappa shape index (κ3) is 2.88. The molecule has 98 valence electrons. The van der Waals surface area contributed by atoms with E-state index in [0.29, 0.717) is 12.2 Å². The van der Waals surface area contributed by atoms with Gasteiger partial charge in [0.2, 0.25) is 0 Å². The largest absolute Gasteiger partial charge is 0.398 e. The number of amides is 1. The fraction of sp³-hybridized carbons (Fsp3) is 0.143. The van der Waals surface area contributed by atoms with Crippen molar-refractivity contribution in [3.05, 3.63) is 59.7 Å². The Kier molecular flexibility index (Phi) is 3.75. The lowest BCUT2D eigenvalue weighted by Crippen LogP contribution is -2.27. The van der Waals surface area contributed by atoms with Crippen molar-refractivity contribution in [2.75, 3.05) is 12.8 Å². The highest BCUT2D eigenvalue weighted by molar-refractivity contribution is 5.94. The minimum Gasteiger partial charge on any atom is -0.398 e. The van der Waals surface area contributed by atoms with E-state index in [0.717, 1.165) is 11.8 Å². The first-order chi connectivity index (χ1) is 9.09. The fourth-order valence-electron chi connectivity index (χ4n) is 1.76. The summed E-state index contributed by atoms with van der Waals surface area (Å²) in [5.41, 5.74) is 7.26. The molecule has 1 amide bonds. The molecule has 0 aliphatic heterocycles. The van der Waals surface area contributed by atoms with Crippen molar-refractivity contribution < 1.29 is 9.18 Å². The number of nitrogens with zero attached hydrogens (tertiary/aromatic N) is 2. The van der Waals surface area contributed by atoms with Crippen LogP contribution in [0.15, 0.2) is 42.7 Å². The predicted molar refractivity (Wildman–Crippen MR) is 70.8 cm³/mol. The molecule has 2 N–H and O–H groups in total. The number of pyridine rings is 1. The zero-order chi connectivity index (χ0) is 13.8. The molecule has 19 heavy (non-hydrogen) atoms. The van der Waals surface area contributed by atoms with Gasteiger partial charge in [-0.2, -0.15) is 0 Å². The number of hydrogen-bond donors (Lipinski definition) is 1. The zero-order valence-corrected chi connectivity index (χ0v) is 10.5. The van der Waals surface area contributed by atoms with Gasteiger partial charge in [0.05, 0.1) is 11.8 Å². The van der Waals surface area contributed by atoms with Gasteiger partial charge in [0, 0.05) is 25.5 Å². The van der Waals surface area contributed by atoms with Crippen molar-refractivity contribution in [2.24, 2.45) is 0 Å². The summed E-state index contributed by atoms with van der Waals surface area (Å²) in [7, 11) is 1.61. The van der Waals surface area contributed by atoms with Gasteiger partial charge in [-0.25, -0.2) is 4.39 Å². The van der Waals surface area contributed by atoms with Gasteiger partial charge >= 0.3 is 0 Å². The molecule has 4 nitrogen and oxygen atoms in total. The normalized spacial score (nSPS) is 10.2. The van der Waals surface area contributed by atoms with E-state index in [4.69, 9.17) is 5.73 Å². The molecule has 0 aliphatic carbocycles. The molecule has 0 bridgehead atoms. The highest BCUT2D eigenvalue weighted by atomic mass is 19.1. The third-order valence-corrected chi connectivity index (χ3v) is 2.81. The van der Waals surface area contributed by atoms with Crippen LogP contribution >= 0.6 is 0 Å². The minimum atomic E-state index is -0.625. The lowest BCUT2D eigenvalue weighted by Gasteiger charge is -2.18. The Morgan fingerprint density at radius 2 is 2.11 bits per heavy atom. The predicted octanol–water partition coefficient (Wildman–Crippen LogP) is 2.08. The second kappa shape index (κ2) is 5.48. The van der Waals surface area contributed by atoms with E-state index < -0.39 is 11.7 Å². The monoisotopic (exact) mass is 259 g/mol. The van der Waals surface area contributed by atoms with Gasteiger partial charge in [0.25, 0.3) is 5.91 Å². The molecular formula is C14H14FN3O. The summed E-state index contributed by atoms with van der Waals surface area (Å²) in [6, 6.07) is 8.63. The van der Waals surface area contributed by atoms with Crippen LogP contribution in [0.5, 0.6) is 0 Å². The Morgan fingerprint density at radius 3 is 2.79 bits per heavy atom. The van der Waals surface area contributed by atoms with E-state index in [1.807, 2.05) is 18.2 Å². The number of halogens is 1. The number of anilines is 1. The first-order valence-corrected chi connectivity index (χ1v) is 5.78. The lowest BCUT2D eigenvalue weighted by molar-refractivity contribution is 0.0780. The summed E-state index contributed by atoms with van der Waals surface area (Å²) < 4.78 is 13.5. The number of aromatic nitrogens is 1. The van der Waals surface area contributed by atoms with E-state index in [1.54, 1.807) is 13.1 Å². The van der Waals surface area contributed by atoms with E-state index >= 15 is 0 Å². The van der Waals surface area contributed by atoms with Crippen LogP contribution < -0.4 is 5.73 Å². The summed E-state index contributed by atoms with van der Waals surface area (Å²) in [5.74, 6) is -1.02. The van der Waals surface area contributed by atoms with Gasteiger partial charge in [0.15, 0.2) is 5.82 Å². The van der Waals surface area contributed by atoms with Gasteiger partial charge < -0.3 is 10.6 Å². The summed E-state index contributed by atoms with van der Waals surface area (Å²) >= 11 is 0. The Hall–Kier alpha value is -2.43. The van der Waals surface area contributed by atoms with E-state index in [2.05, 4.69) is 4.98 Å². The molecule has 0 aliphatic rings. The van der Waals surface area contributed by atoms with Gasteiger partial charge in [-0.05, 0) is 17.7 Å². The second-order valence-corrected chi connectivity index (χ2v) is 4.22. The smallest absolute Gasteiger partial charge is 0.256 e. The van der Waals surface area contributed by atoms with Gasteiger partial charge in [0.1, 0.15) is 0 Å². The van der Waals surface area contributed by atoms with Crippen LogP contribution in [0.4, 0.5) is 10.1 Å². The molecule has 2 rings (SSSR count). The standard InChI is InChI=1S/C14H14FN3O/c1-18(9-10-4-2-3-5-13(10)16)14(19)11-6-7-17-8-12(11)15/h2-8H,9,16H2,1H3. The molecule has 0 spiro atoms. The summed E-state index contributed by atoms with van der Waals surface area (Å²) in [5, 5.41) is 0. The highest BCUT2D eigenvalue weighted by Gasteiger charge is 2.16. The molecule has 1 heterocycles. The summed E-state index contributed by atoms with van der Waals surface area (Å²) in [4.78, 5) is 17.1. The van der Waals surface area contributed by atoms with Crippen molar-refractivity contribution in [3.8, 4) is 0 Å². The molecule has 0 fully saturated rings. The Bertz CT molecular complexity index is 601. The minimum absolute atomic E-state index is 0.00648. The van der Waals surface area contributed by atoms with Crippen LogP contribution in [0.25, 0.3) is 0 Å². The molecule has 0 saturated heterocycles. The molecule has 1 aromatic heterocycles. The number of rotatable bonds is 3. The summed E-state index contributed by atoms with van der Waals surface area (Å²) in [6.45, 7) is 0.327. The SMILES string of the molecule is CN(Cc1ccccc1N)C(=O)c1ccncc1F. The van der Waals surface area contributed by atoms with E-state index in [9.17, 15) is 9.18 Å². The first-order valence-electron chi connectivity index (χ1n) is 5.78. The average Bonchev–Trinajstić information content (AvgIpc) is 2.41. The molecule has 2 aromatic rings. The number of carbonyl (C=O) groups is 1. The Morgan fingerprint density at radius 1 is 1.37 bits per heavy atom. The van der Waals surface area contributed by atoms with Crippen LogP contribution in [0.3, 0.4) is 0 Å².